The summed E-state index contributed by atoms with van der Waals surface area (Å²) in [5.74, 6) is 0. The maximum absolute atomic E-state index is 2.46. The molecule has 1 heterocycles. The smallest absolute Gasteiger partial charge is 0.0714 e. The van der Waals surface area contributed by atoms with Gasteiger partial charge in [0.1, 0.15) is 0 Å². The maximum atomic E-state index is 2.46. The number of hydrogen-bond acceptors (Lipinski definition) is 1. The van der Waals surface area contributed by atoms with E-state index in [1.165, 1.54) is 83.1 Å². The highest BCUT2D eigenvalue weighted by atomic mass is 15.1. The molecule has 1 aromatic heterocycles. The molecule has 2 aliphatic carbocycles. The Hall–Kier alpha value is -7.42. The summed E-state index contributed by atoms with van der Waals surface area (Å²) in [5, 5.41) is 2.46. The van der Waals surface area contributed by atoms with Gasteiger partial charge in [-0.2, -0.15) is 0 Å². The first kappa shape index (κ1) is 34.6. The van der Waals surface area contributed by atoms with Crippen LogP contribution in [0.15, 0.2) is 218 Å². The molecule has 0 bridgehead atoms. The molecule has 2 aliphatic rings. The second-order valence-corrected chi connectivity index (χ2v) is 16.9. The van der Waals surface area contributed by atoms with E-state index in [1.807, 2.05) is 0 Å². The number of hydrogen-bond donors (Lipinski definition) is 0. The number of nitrogens with zero attached hydrogens (tertiary/aromatic N) is 2. The van der Waals surface area contributed by atoms with E-state index in [1.54, 1.807) is 0 Å². The number of anilines is 3. The summed E-state index contributed by atoms with van der Waals surface area (Å²) in [6, 6.07) is 80.9. The number of para-hydroxylation sites is 2. The minimum Gasteiger partial charge on any atom is -0.310 e. The predicted molar refractivity (Wildman–Crippen MR) is 250 cm³/mol. The van der Waals surface area contributed by atoms with Gasteiger partial charge in [0.25, 0.3) is 0 Å². The standard InChI is InChI=1S/C58H42N2/c1-57(2)51-27-15-12-24-45(51)47-33-31-44(37-53(47)57)60-55-29-17-14-26-49(55)50-36-42(32-35-56(50)60)59(41-22-10-5-11-23-41)43-30-34-48-46-25-13-16-28-52(46)58(54(48)38-43,39-18-6-3-7-19-39)40-20-8-4-9-21-40/h3-38H,1-2H3. The zero-order chi connectivity index (χ0) is 40.0. The monoisotopic (exact) mass is 766 g/mol. The van der Waals surface area contributed by atoms with Gasteiger partial charge in [0.15, 0.2) is 0 Å². The van der Waals surface area contributed by atoms with Crippen LogP contribution in [0.3, 0.4) is 0 Å². The van der Waals surface area contributed by atoms with Gasteiger partial charge >= 0.3 is 0 Å². The van der Waals surface area contributed by atoms with Gasteiger partial charge in [-0.15, -0.1) is 0 Å². The lowest BCUT2D eigenvalue weighted by Crippen LogP contribution is -2.28. The summed E-state index contributed by atoms with van der Waals surface area (Å²) in [7, 11) is 0. The first-order valence-corrected chi connectivity index (χ1v) is 21.0. The molecule has 0 aliphatic heterocycles. The van der Waals surface area contributed by atoms with Crippen LogP contribution >= 0.6 is 0 Å². The molecule has 10 aromatic rings. The predicted octanol–water partition coefficient (Wildman–Crippen LogP) is 14.9. The third kappa shape index (κ3) is 4.82. The number of rotatable bonds is 6. The minimum absolute atomic E-state index is 0.0834. The molecular formula is C58H42N2. The van der Waals surface area contributed by atoms with Crippen molar-refractivity contribution < 1.29 is 0 Å². The summed E-state index contributed by atoms with van der Waals surface area (Å²) in [5.41, 5.74) is 19.5. The summed E-state index contributed by atoms with van der Waals surface area (Å²) in [4.78, 5) is 2.44. The van der Waals surface area contributed by atoms with Crippen molar-refractivity contribution in [3.8, 4) is 27.9 Å². The van der Waals surface area contributed by atoms with E-state index in [0.29, 0.717) is 0 Å². The van der Waals surface area contributed by atoms with E-state index < -0.39 is 5.41 Å². The Kier molecular flexibility index (Phi) is 7.52. The van der Waals surface area contributed by atoms with Crippen molar-refractivity contribution in [2.45, 2.75) is 24.7 Å². The molecular weight excluding hydrogens is 725 g/mol. The quantitative estimate of drug-likeness (QED) is 0.164. The molecule has 0 unspecified atom stereocenters. The lowest BCUT2D eigenvalue weighted by atomic mass is 9.67. The molecule has 284 valence electrons. The topological polar surface area (TPSA) is 8.17 Å². The van der Waals surface area contributed by atoms with Crippen LogP contribution in [0.1, 0.15) is 47.2 Å². The first-order chi connectivity index (χ1) is 29.5. The molecule has 0 saturated carbocycles. The minimum atomic E-state index is -0.490. The summed E-state index contributed by atoms with van der Waals surface area (Å²) in [6.07, 6.45) is 0. The molecule has 0 radical (unpaired) electrons. The van der Waals surface area contributed by atoms with Gasteiger partial charge in [-0.25, -0.2) is 0 Å². The summed E-state index contributed by atoms with van der Waals surface area (Å²) < 4.78 is 2.46. The van der Waals surface area contributed by atoms with Crippen molar-refractivity contribution in [2.24, 2.45) is 0 Å². The second-order valence-electron chi connectivity index (χ2n) is 16.9. The fourth-order valence-electron chi connectivity index (χ4n) is 10.8. The van der Waals surface area contributed by atoms with E-state index in [4.69, 9.17) is 0 Å². The number of fused-ring (bicyclic) bond motifs is 9. The van der Waals surface area contributed by atoms with E-state index in [2.05, 4.69) is 242 Å². The third-order valence-corrected chi connectivity index (χ3v) is 13.5. The fraction of sp³-hybridized carbons (Fsp3) is 0.0690. The molecule has 0 spiro atoms. The Morgan fingerprint density at radius 2 is 0.867 bits per heavy atom. The van der Waals surface area contributed by atoms with E-state index in [-0.39, 0.29) is 5.41 Å². The molecule has 9 aromatic carbocycles. The molecule has 2 nitrogen and oxygen atoms in total. The molecule has 0 atom stereocenters. The Balaban J connectivity index is 1.07. The zero-order valence-corrected chi connectivity index (χ0v) is 33.7. The van der Waals surface area contributed by atoms with Gasteiger partial charge in [0.2, 0.25) is 0 Å². The van der Waals surface area contributed by atoms with E-state index >= 15 is 0 Å². The molecule has 2 heteroatoms. The Morgan fingerprint density at radius 3 is 1.60 bits per heavy atom. The average Bonchev–Trinajstić information content (AvgIpc) is 3.88. The Morgan fingerprint density at radius 1 is 0.350 bits per heavy atom. The lowest BCUT2D eigenvalue weighted by Gasteiger charge is -2.35. The average molecular weight is 767 g/mol. The molecule has 0 N–H and O–H groups in total. The third-order valence-electron chi connectivity index (χ3n) is 13.5. The maximum Gasteiger partial charge on any atom is 0.0714 e. The van der Waals surface area contributed by atoms with Crippen molar-refractivity contribution >= 4 is 38.9 Å². The van der Waals surface area contributed by atoms with Crippen LogP contribution in [0.4, 0.5) is 17.1 Å². The zero-order valence-electron chi connectivity index (χ0n) is 33.7. The number of benzene rings is 9. The van der Waals surface area contributed by atoms with E-state index in [0.717, 1.165) is 17.1 Å². The Labute approximate surface area is 351 Å². The van der Waals surface area contributed by atoms with Crippen molar-refractivity contribution in [3.63, 3.8) is 0 Å². The molecule has 0 saturated heterocycles. The summed E-state index contributed by atoms with van der Waals surface area (Å²) in [6.45, 7) is 4.72. The first-order valence-electron chi connectivity index (χ1n) is 21.0. The van der Waals surface area contributed by atoms with Crippen LogP contribution in [0.5, 0.6) is 0 Å². The summed E-state index contributed by atoms with van der Waals surface area (Å²) >= 11 is 0. The molecule has 0 fully saturated rings. The highest BCUT2D eigenvalue weighted by Gasteiger charge is 2.46. The van der Waals surface area contributed by atoms with Crippen molar-refractivity contribution in [1.29, 1.82) is 0 Å². The van der Waals surface area contributed by atoms with Gasteiger partial charge in [0.05, 0.1) is 16.4 Å². The van der Waals surface area contributed by atoms with Gasteiger partial charge in [0, 0.05) is 38.9 Å². The van der Waals surface area contributed by atoms with Crippen molar-refractivity contribution in [3.05, 3.63) is 252 Å². The molecule has 12 rings (SSSR count). The molecule has 60 heavy (non-hydrogen) atoms. The van der Waals surface area contributed by atoms with E-state index in [9.17, 15) is 0 Å². The number of aromatic nitrogens is 1. The fourth-order valence-corrected chi connectivity index (χ4v) is 10.8. The van der Waals surface area contributed by atoms with Gasteiger partial charge in [-0.05, 0) is 116 Å². The van der Waals surface area contributed by atoms with Gasteiger partial charge in [-0.1, -0.05) is 172 Å². The highest BCUT2D eigenvalue weighted by molar-refractivity contribution is 6.11. The lowest BCUT2D eigenvalue weighted by molar-refractivity contribution is 0.660. The van der Waals surface area contributed by atoms with Crippen LogP contribution in [0.25, 0.3) is 49.7 Å². The second kappa shape index (κ2) is 13.0. The van der Waals surface area contributed by atoms with Crippen molar-refractivity contribution in [2.75, 3.05) is 4.90 Å². The molecule has 0 amide bonds. The SMILES string of the molecule is CC1(C)c2ccccc2-c2ccc(-n3c4ccccc4c4cc(N(c5ccccc5)c5ccc6c(c5)C(c5ccccc5)(c5ccccc5)c5ccccc5-6)ccc43)cc21. The van der Waals surface area contributed by atoms with Gasteiger partial charge in [-0.3, -0.25) is 0 Å². The highest BCUT2D eigenvalue weighted by Crippen LogP contribution is 2.57. The van der Waals surface area contributed by atoms with Crippen LogP contribution in [-0.4, -0.2) is 4.57 Å². The van der Waals surface area contributed by atoms with Gasteiger partial charge < -0.3 is 9.47 Å². The van der Waals surface area contributed by atoms with Crippen molar-refractivity contribution in [1.82, 2.24) is 4.57 Å². The van der Waals surface area contributed by atoms with Crippen LogP contribution in [0, 0.1) is 0 Å². The largest absolute Gasteiger partial charge is 0.310 e. The Bertz CT molecular complexity index is 3240. The normalized spacial score (nSPS) is 14.1. The van der Waals surface area contributed by atoms with Crippen LogP contribution in [0.2, 0.25) is 0 Å². The van der Waals surface area contributed by atoms with Crippen LogP contribution < -0.4 is 4.90 Å². The van der Waals surface area contributed by atoms with Crippen LogP contribution in [-0.2, 0) is 10.8 Å².